The van der Waals surface area contributed by atoms with Gasteiger partial charge in [0.1, 0.15) is 0 Å². The number of aliphatic carboxylic acids is 1. The van der Waals surface area contributed by atoms with E-state index in [0.717, 1.165) is 11.8 Å². The number of carboxylic acids is 1. The molecule has 19 heavy (non-hydrogen) atoms. The van der Waals surface area contributed by atoms with Gasteiger partial charge in [0, 0.05) is 19.0 Å². The van der Waals surface area contributed by atoms with Crippen molar-refractivity contribution in [1.82, 2.24) is 4.90 Å². The van der Waals surface area contributed by atoms with Gasteiger partial charge in [0.15, 0.2) is 0 Å². The van der Waals surface area contributed by atoms with Crippen LogP contribution >= 0.6 is 0 Å². The van der Waals surface area contributed by atoms with Crippen LogP contribution in [0.2, 0.25) is 0 Å². The van der Waals surface area contributed by atoms with E-state index >= 15 is 0 Å². The Morgan fingerprint density at radius 1 is 1.05 bits per heavy atom. The van der Waals surface area contributed by atoms with E-state index in [-0.39, 0.29) is 12.3 Å². The highest BCUT2D eigenvalue weighted by atomic mass is 16.4. The van der Waals surface area contributed by atoms with Crippen LogP contribution in [0.4, 0.5) is 0 Å². The third-order valence-electron chi connectivity index (χ3n) is 6.04. The number of nitrogens with zero attached hydrogens (tertiary/aromatic N) is 1. The van der Waals surface area contributed by atoms with E-state index < -0.39 is 11.9 Å². The zero-order valence-electron chi connectivity index (χ0n) is 11.1. The summed E-state index contributed by atoms with van der Waals surface area (Å²) >= 11 is 0. The van der Waals surface area contributed by atoms with Crippen LogP contribution in [0, 0.1) is 29.6 Å². The monoisotopic (exact) mass is 263 g/mol. The van der Waals surface area contributed by atoms with Gasteiger partial charge in [-0.25, -0.2) is 0 Å². The number of carbonyl (C=O) groups is 2. The van der Waals surface area contributed by atoms with Crippen molar-refractivity contribution in [2.24, 2.45) is 29.6 Å². The standard InChI is InChI=1S/C15H21NO3/c17-13-6-12(15(18)19)7-16(13)14-10-2-8-1-9(4-10)5-11(14)3-8/h8-12,14H,1-7H2,(H,18,19)/t8?,9?,10?,11?,12-,14?/m0/s1. The molecule has 0 aromatic heterocycles. The molecule has 4 heteroatoms. The maximum Gasteiger partial charge on any atom is 0.308 e. The molecular weight excluding hydrogens is 242 g/mol. The molecule has 4 nitrogen and oxygen atoms in total. The molecule has 1 saturated heterocycles. The second kappa shape index (κ2) is 3.97. The highest BCUT2D eigenvalue weighted by Gasteiger charge is 2.52. The zero-order valence-corrected chi connectivity index (χ0v) is 11.1. The first-order chi connectivity index (χ1) is 9.11. The average Bonchev–Trinajstić information content (AvgIpc) is 2.70. The lowest BCUT2D eigenvalue weighted by molar-refractivity contribution is -0.141. The Morgan fingerprint density at radius 3 is 2.11 bits per heavy atom. The van der Waals surface area contributed by atoms with E-state index in [9.17, 15) is 9.59 Å². The molecule has 4 aliphatic carbocycles. The Labute approximate surface area is 113 Å². The van der Waals surface area contributed by atoms with Gasteiger partial charge in [-0.3, -0.25) is 9.59 Å². The second-order valence-corrected chi connectivity index (χ2v) is 7.21. The van der Waals surface area contributed by atoms with Crippen molar-refractivity contribution in [2.75, 3.05) is 6.54 Å². The van der Waals surface area contributed by atoms with Gasteiger partial charge in [-0.05, 0) is 55.8 Å². The van der Waals surface area contributed by atoms with E-state index in [1.165, 1.54) is 32.1 Å². The predicted octanol–water partition coefficient (Wildman–Crippen LogP) is 1.74. The van der Waals surface area contributed by atoms with Gasteiger partial charge < -0.3 is 10.0 Å². The third-order valence-corrected chi connectivity index (χ3v) is 6.04. The minimum Gasteiger partial charge on any atom is -0.481 e. The van der Waals surface area contributed by atoms with Crippen molar-refractivity contribution in [3.8, 4) is 0 Å². The number of rotatable bonds is 2. The fraction of sp³-hybridized carbons (Fsp3) is 0.867. The Hall–Kier alpha value is -1.06. The summed E-state index contributed by atoms with van der Waals surface area (Å²) in [5, 5.41) is 9.12. The van der Waals surface area contributed by atoms with Crippen molar-refractivity contribution in [2.45, 2.75) is 44.6 Å². The van der Waals surface area contributed by atoms with E-state index in [4.69, 9.17) is 5.11 Å². The van der Waals surface area contributed by atoms with Crippen LogP contribution < -0.4 is 0 Å². The Morgan fingerprint density at radius 2 is 1.63 bits per heavy atom. The molecule has 0 radical (unpaired) electrons. The van der Waals surface area contributed by atoms with Gasteiger partial charge in [-0.2, -0.15) is 0 Å². The first kappa shape index (κ1) is 11.7. The van der Waals surface area contributed by atoms with Crippen molar-refractivity contribution in [1.29, 1.82) is 0 Å². The molecule has 4 saturated carbocycles. The first-order valence-electron chi connectivity index (χ1n) is 7.64. The number of hydrogen-bond donors (Lipinski definition) is 1. The summed E-state index contributed by atoms with van der Waals surface area (Å²) in [4.78, 5) is 25.2. The summed E-state index contributed by atoms with van der Waals surface area (Å²) in [6, 6.07) is 0.365. The fourth-order valence-electron chi connectivity index (χ4n) is 5.59. The summed E-state index contributed by atoms with van der Waals surface area (Å²) in [5.41, 5.74) is 0. The number of amides is 1. The Kier molecular flexibility index (Phi) is 2.45. The highest BCUT2D eigenvalue weighted by molar-refractivity contribution is 5.86. The SMILES string of the molecule is O=C(O)[C@H]1CC(=O)N(C2C3CC4CC(C3)CC2C4)C1. The van der Waals surface area contributed by atoms with E-state index in [2.05, 4.69) is 0 Å². The van der Waals surface area contributed by atoms with Crippen LogP contribution in [0.5, 0.6) is 0 Å². The van der Waals surface area contributed by atoms with E-state index in [0.29, 0.717) is 24.4 Å². The van der Waals surface area contributed by atoms with Crippen LogP contribution in [0.1, 0.15) is 38.5 Å². The molecule has 0 aromatic rings. The topological polar surface area (TPSA) is 57.6 Å². The summed E-state index contributed by atoms with van der Waals surface area (Å²) in [6.07, 6.45) is 6.74. The Balaban J connectivity index is 1.56. The van der Waals surface area contributed by atoms with Crippen molar-refractivity contribution < 1.29 is 14.7 Å². The molecular formula is C15H21NO3. The lowest BCUT2D eigenvalue weighted by atomic mass is 9.54. The molecule has 1 N–H and O–H groups in total. The van der Waals surface area contributed by atoms with Gasteiger partial charge in [-0.15, -0.1) is 0 Å². The van der Waals surface area contributed by atoms with Gasteiger partial charge in [0.25, 0.3) is 0 Å². The number of carboxylic acid groups (broad SMARTS) is 1. The quantitative estimate of drug-likeness (QED) is 0.825. The molecule has 5 aliphatic rings. The van der Waals surface area contributed by atoms with Crippen LogP contribution in [-0.4, -0.2) is 34.5 Å². The molecule has 0 unspecified atom stereocenters. The molecule has 1 heterocycles. The minimum atomic E-state index is -0.806. The zero-order chi connectivity index (χ0) is 13.1. The lowest BCUT2D eigenvalue weighted by Gasteiger charge is -2.56. The molecule has 104 valence electrons. The summed E-state index contributed by atoms with van der Waals surface area (Å²) in [6.45, 7) is 0.459. The lowest BCUT2D eigenvalue weighted by Crippen LogP contribution is -2.56. The number of likely N-dealkylation sites (tertiary alicyclic amines) is 1. The molecule has 4 bridgehead atoms. The van der Waals surface area contributed by atoms with Crippen LogP contribution in [0.15, 0.2) is 0 Å². The average molecular weight is 263 g/mol. The molecule has 5 rings (SSSR count). The maximum atomic E-state index is 12.2. The molecule has 1 amide bonds. The predicted molar refractivity (Wildman–Crippen MR) is 68.3 cm³/mol. The Bertz CT molecular complexity index is 405. The van der Waals surface area contributed by atoms with Crippen molar-refractivity contribution in [3.63, 3.8) is 0 Å². The van der Waals surface area contributed by atoms with Crippen molar-refractivity contribution >= 4 is 11.9 Å². The number of carbonyl (C=O) groups excluding carboxylic acids is 1. The fourth-order valence-corrected chi connectivity index (χ4v) is 5.59. The van der Waals surface area contributed by atoms with Gasteiger partial charge in [-0.1, -0.05) is 0 Å². The van der Waals surface area contributed by atoms with Gasteiger partial charge in [0.2, 0.25) is 5.91 Å². The largest absolute Gasteiger partial charge is 0.481 e. The first-order valence-corrected chi connectivity index (χ1v) is 7.64. The molecule has 1 atom stereocenters. The summed E-state index contributed by atoms with van der Waals surface area (Å²) in [7, 11) is 0. The second-order valence-electron chi connectivity index (χ2n) is 7.21. The summed E-state index contributed by atoms with van der Waals surface area (Å²) < 4.78 is 0. The van der Waals surface area contributed by atoms with Gasteiger partial charge in [0.05, 0.1) is 5.92 Å². The third kappa shape index (κ3) is 1.72. The molecule has 0 spiro atoms. The molecule has 1 aliphatic heterocycles. The minimum absolute atomic E-state index is 0.0878. The maximum absolute atomic E-state index is 12.2. The smallest absolute Gasteiger partial charge is 0.308 e. The van der Waals surface area contributed by atoms with Crippen LogP contribution in [-0.2, 0) is 9.59 Å². The van der Waals surface area contributed by atoms with E-state index in [1.807, 2.05) is 4.90 Å². The van der Waals surface area contributed by atoms with Crippen LogP contribution in [0.3, 0.4) is 0 Å². The molecule has 5 fully saturated rings. The normalized spacial score (nSPS) is 48.0. The van der Waals surface area contributed by atoms with Crippen LogP contribution in [0.25, 0.3) is 0 Å². The van der Waals surface area contributed by atoms with Crippen molar-refractivity contribution in [3.05, 3.63) is 0 Å². The number of hydrogen-bond acceptors (Lipinski definition) is 2. The molecule has 0 aromatic carbocycles. The highest BCUT2D eigenvalue weighted by Crippen LogP contribution is 2.55. The summed E-state index contributed by atoms with van der Waals surface area (Å²) in [5.74, 6) is 1.92. The van der Waals surface area contributed by atoms with E-state index in [1.54, 1.807) is 0 Å². The van der Waals surface area contributed by atoms with Gasteiger partial charge >= 0.3 is 5.97 Å².